The maximum Gasteiger partial charge on any atom is 0.256 e. The molecule has 2 aliphatic heterocycles. The fraction of sp³-hybridized carbons (Fsp3) is 0.409. The number of nitrogens with one attached hydrogen (secondary N) is 2. The van der Waals surface area contributed by atoms with Crippen molar-refractivity contribution in [2.45, 2.75) is 45.2 Å². The first-order valence-corrected chi connectivity index (χ1v) is 9.59. The van der Waals surface area contributed by atoms with Gasteiger partial charge in [-0.15, -0.1) is 0 Å². The number of para-hydroxylation sites is 1. The zero-order chi connectivity index (χ0) is 18.1. The van der Waals surface area contributed by atoms with Crippen molar-refractivity contribution < 1.29 is 4.79 Å². The van der Waals surface area contributed by atoms with Gasteiger partial charge in [0.1, 0.15) is 0 Å². The first-order chi connectivity index (χ1) is 12.6. The summed E-state index contributed by atoms with van der Waals surface area (Å²) in [5.41, 5.74) is 5.15. The second kappa shape index (κ2) is 7.12. The summed E-state index contributed by atoms with van der Waals surface area (Å²) in [7, 11) is 0. The molecule has 0 aromatic heterocycles. The van der Waals surface area contributed by atoms with E-state index >= 15 is 0 Å². The summed E-state index contributed by atoms with van der Waals surface area (Å²) in [6.07, 6.45) is 3.48. The largest absolute Gasteiger partial charge is 0.355 e. The minimum Gasteiger partial charge on any atom is -0.355 e. The van der Waals surface area contributed by atoms with Gasteiger partial charge in [0.25, 0.3) is 5.91 Å². The average Bonchev–Trinajstić information content (AvgIpc) is 2.98. The summed E-state index contributed by atoms with van der Waals surface area (Å²) < 4.78 is 0. The number of amides is 1. The van der Waals surface area contributed by atoms with Gasteiger partial charge in [0.05, 0.1) is 11.3 Å². The Morgan fingerprint density at radius 1 is 1.00 bits per heavy atom. The summed E-state index contributed by atoms with van der Waals surface area (Å²) in [4.78, 5) is 15.3. The molecular formula is C22H27N3O. The SMILES string of the molecule is Cc1cccc(Nc2ccccc2C(=O)N2CCC3CCC(C2)N3)c1C. The van der Waals surface area contributed by atoms with Crippen molar-refractivity contribution in [1.82, 2.24) is 10.2 Å². The van der Waals surface area contributed by atoms with Crippen LogP contribution in [0.2, 0.25) is 0 Å². The Morgan fingerprint density at radius 2 is 1.77 bits per heavy atom. The van der Waals surface area contributed by atoms with Crippen LogP contribution in [-0.2, 0) is 0 Å². The first-order valence-electron chi connectivity index (χ1n) is 9.59. The van der Waals surface area contributed by atoms with Crippen LogP contribution in [0, 0.1) is 13.8 Å². The highest BCUT2D eigenvalue weighted by Gasteiger charge is 2.32. The Hall–Kier alpha value is -2.33. The van der Waals surface area contributed by atoms with Crippen LogP contribution in [0.15, 0.2) is 42.5 Å². The molecule has 4 rings (SSSR count). The number of hydrogen-bond acceptors (Lipinski definition) is 3. The van der Waals surface area contributed by atoms with Crippen molar-refractivity contribution in [2.75, 3.05) is 18.4 Å². The van der Waals surface area contributed by atoms with Crippen LogP contribution in [0.4, 0.5) is 11.4 Å². The molecule has 136 valence electrons. The maximum absolute atomic E-state index is 13.2. The van der Waals surface area contributed by atoms with Gasteiger partial charge in [0.2, 0.25) is 0 Å². The number of anilines is 2. The molecule has 2 heterocycles. The van der Waals surface area contributed by atoms with E-state index in [1.807, 2.05) is 35.2 Å². The summed E-state index contributed by atoms with van der Waals surface area (Å²) in [6, 6.07) is 15.1. The van der Waals surface area contributed by atoms with E-state index < -0.39 is 0 Å². The van der Waals surface area contributed by atoms with E-state index in [9.17, 15) is 4.79 Å². The number of rotatable bonds is 3. The molecular weight excluding hydrogens is 322 g/mol. The maximum atomic E-state index is 13.2. The van der Waals surface area contributed by atoms with Gasteiger partial charge in [-0.25, -0.2) is 0 Å². The molecule has 2 unspecified atom stereocenters. The minimum absolute atomic E-state index is 0.132. The van der Waals surface area contributed by atoms with Crippen molar-refractivity contribution in [2.24, 2.45) is 0 Å². The van der Waals surface area contributed by atoms with Crippen molar-refractivity contribution in [3.8, 4) is 0 Å². The van der Waals surface area contributed by atoms with Gasteiger partial charge in [-0.3, -0.25) is 4.79 Å². The molecule has 2 saturated heterocycles. The lowest BCUT2D eigenvalue weighted by molar-refractivity contribution is 0.0749. The number of carbonyl (C=O) groups is 1. The predicted molar refractivity (Wildman–Crippen MR) is 106 cm³/mol. The molecule has 4 heteroatoms. The lowest BCUT2D eigenvalue weighted by Gasteiger charge is -2.25. The predicted octanol–water partition coefficient (Wildman–Crippen LogP) is 4.01. The molecule has 2 aromatic carbocycles. The molecule has 4 nitrogen and oxygen atoms in total. The Balaban J connectivity index is 1.59. The molecule has 0 aliphatic carbocycles. The smallest absolute Gasteiger partial charge is 0.256 e. The highest BCUT2D eigenvalue weighted by Crippen LogP contribution is 2.27. The van der Waals surface area contributed by atoms with Crippen LogP contribution < -0.4 is 10.6 Å². The van der Waals surface area contributed by atoms with E-state index in [1.54, 1.807) is 0 Å². The van der Waals surface area contributed by atoms with E-state index in [0.29, 0.717) is 12.1 Å². The fourth-order valence-electron chi connectivity index (χ4n) is 4.11. The van der Waals surface area contributed by atoms with E-state index in [2.05, 4.69) is 36.6 Å². The summed E-state index contributed by atoms with van der Waals surface area (Å²) in [5.74, 6) is 0.132. The lowest BCUT2D eigenvalue weighted by Crippen LogP contribution is -2.39. The third kappa shape index (κ3) is 3.34. The number of carbonyl (C=O) groups excluding carboxylic acids is 1. The summed E-state index contributed by atoms with van der Waals surface area (Å²) >= 11 is 0. The monoisotopic (exact) mass is 349 g/mol. The molecule has 2 fully saturated rings. The van der Waals surface area contributed by atoms with Crippen molar-refractivity contribution in [3.63, 3.8) is 0 Å². The van der Waals surface area contributed by atoms with Crippen molar-refractivity contribution in [3.05, 3.63) is 59.2 Å². The number of fused-ring (bicyclic) bond motifs is 2. The molecule has 2 N–H and O–H groups in total. The van der Waals surface area contributed by atoms with Crippen LogP contribution in [0.3, 0.4) is 0 Å². The van der Waals surface area contributed by atoms with Gasteiger partial charge < -0.3 is 15.5 Å². The van der Waals surface area contributed by atoms with Crippen LogP contribution in [0.5, 0.6) is 0 Å². The van der Waals surface area contributed by atoms with Crippen LogP contribution in [0.25, 0.3) is 0 Å². The first kappa shape index (κ1) is 17.1. The zero-order valence-electron chi connectivity index (χ0n) is 15.6. The second-order valence-corrected chi connectivity index (χ2v) is 7.60. The molecule has 2 bridgehead atoms. The van der Waals surface area contributed by atoms with Crippen LogP contribution in [-0.4, -0.2) is 36.0 Å². The number of hydrogen-bond donors (Lipinski definition) is 2. The number of likely N-dealkylation sites (tertiary alicyclic amines) is 1. The quantitative estimate of drug-likeness (QED) is 0.880. The third-order valence-electron chi connectivity index (χ3n) is 5.84. The van der Waals surface area contributed by atoms with Gasteiger partial charge in [0, 0.05) is 30.9 Å². The molecule has 1 amide bonds. The Kier molecular flexibility index (Phi) is 4.68. The topological polar surface area (TPSA) is 44.4 Å². The van der Waals surface area contributed by atoms with Crippen LogP contribution in [0.1, 0.15) is 40.7 Å². The van der Waals surface area contributed by atoms with Gasteiger partial charge in [-0.1, -0.05) is 24.3 Å². The van der Waals surface area contributed by atoms with Crippen LogP contribution >= 0.6 is 0 Å². The number of nitrogens with zero attached hydrogens (tertiary/aromatic N) is 1. The Labute approximate surface area is 155 Å². The number of benzene rings is 2. The fourth-order valence-corrected chi connectivity index (χ4v) is 4.11. The standard InChI is InChI=1S/C22H27N3O/c1-15-6-5-9-20(16(15)2)24-21-8-4-3-7-19(21)22(26)25-13-12-17-10-11-18(14-25)23-17/h3-9,17-18,23-24H,10-14H2,1-2H3. The molecule has 0 saturated carbocycles. The highest BCUT2D eigenvalue weighted by atomic mass is 16.2. The van der Waals surface area contributed by atoms with E-state index in [0.717, 1.165) is 36.4 Å². The third-order valence-corrected chi connectivity index (χ3v) is 5.84. The summed E-state index contributed by atoms with van der Waals surface area (Å²) in [6.45, 7) is 5.87. The zero-order valence-corrected chi connectivity index (χ0v) is 15.6. The normalized spacial score (nSPS) is 22.2. The van der Waals surface area contributed by atoms with Gasteiger partial charge in [0.15, 0.2) is 0 Å². The highest BCUT2D eigenvalue weighted by molar-refractivity contribution is 6.00. The molecule has 2 aromatic rings. The second-order valence-electron chi connectivity index (χ2n) is 7.60. The van der Waals surface area contributed by atoms with Crippen molar-refractivity contribution >= 4 is 17.3 Å². The molecule has 0 radical (unpaired) electrons. The molecule has 2 aliphatic rings. The van der Waals surface area contributed by atoms with E-state index in [1.165, 1.54) is 24.0 Å². The molecule has 26 heavy (non-hydrogen) atoms. The van der Waals surface area contributed by atoms with Gasteiger partial charge in [-0.2, -0.15) is 0 Å². The Morgan fingerprint density at radius 3 is 2.65 bits per heavy atom. The average molecular weight is 349 g/mol. The minimum atomic E-state index is 0.132. The Bertz CT molecular complexity index is 817. The van der Waals surface area contributed by atoms with Gasteiger partial charge in [-0.05, 0) is 62.4 Å². The van der Waals surface area contributed by atoms with Crippen molar-refractivity contribution in [1.29, 1.82) is 0 Å². The molecule has 2 atom stereocenters. The van der Waals surface area contributed by atoms with Gasteiger partial charge >= 0.3 is 0 Å². The lowest BCUT2D eigenvalue weighted by atomic mass is 10.1. The number of aryl methyl sites for hydroxylation is 1. The molecule has 0 spiro atoms. The summed E-state index contributed by atoms with van der Waals surface area (Å²) in [5, 5.41) is 7.14. The van der Waals surface area contributed by atoms with E-state index in [-0.39, 0.29) is 5.91 Å². The van der Waals surface area contributed by atoms with E-state index in [4.69, 9.17) is 0 Å².